The average molecular weight is 463 g/mol. The van der Waals surface area contributed by atoms with Gasteiger partial charge in [-0.1, -0.05) is 36.4 Å². The van der Waals surface area contributed by atoms with Gasteiger partial charge in [-0.3, -0.25) is 24.6 Å². The van der Waals surface area contributed by atoms with Crippen LogP contribution in [-0.2, 0) is 16.1 Å². The third-order valence-corrected chi connectivity index (χ3v) is 6.26. The Morgan fingerprint density at radius 2 is 1.60 bits per heavy atom. The van der Waals surface area contributed by atoms with E-state index in [9.17, 15) is 14.7 Å². The van der Waals surface area contributed by atoms with Gasteiger partial charge in [-0.25, -0.2) is 0 Å². The molecule has 0 saturated heterocycles. The second-order valence-electron chi connectivity index (χ2n) is 8.34. The fourth-order valence-corrected chi connectivity index (χ4v) is 4.73. The van der Waals surface area contributed by atoms with Crippen LogP contribution < -0.4 is 5.32 Å². The van der Waals surface area contributed by atoms with E-state index in [1.165, 1.54) is 0 Å². The van der Waals surface area contributed by atoms with Gasteiger partial charge in [0.1, 0.15) is 5.69 Å². The number of hydrogen-bond donors (Lipinski definition) is 2. The summed E-state index contributed by atoms with van der Waals surface area (Å²) in [4.78, 5) is 30.6. The summed E-state index contributed by atoms with van der Waals surface area (Å²) in [5.41, 5.74) is 4.24. The lowest BCUT2D eigenvalue weighted by atomic mass is 9.97. The molecule has 2 aromatic carbocycles. The van der Waals surface area contributed by atoms with E-state index in [0.717, 1.165) is 27.5 Å². The first-order chi connectivity index (χ1) is 17.2. The van der Waals surface area contributed by atoms with Crippen molar-refractivity contribution in [3.05, 3.63) is 90.5 Å². The molecule has 172 valence electrons. The van der Waals surface area contributed by atoms with Crippen LogP contribution in [0.15, 0.2) is 79.3 Å². The molecule has 35 heavy (non-hydrogen) atoms. The highest BCUT2D eigenvalue weighted by Crippen LogP contribution is 2.38. The minimum absolute atomic E-state index is 0.0320. The number of carbonyl (C=O) groups excluding carboxylic acids is 2. The number of carbonyl (C=O) groups is 2. The molecule has 2 N–H and O–H groups in total. The Kier molecular flexibility index (Phi) is 5.00. The molecular weight excluding hydrogens is 442 g/mol. The predicted octanol–water partition coefficient (Wildman–Crippen LogP) is 3.32. The van der Waals surface area contributed by atoms with E-state index in [1.807, 2.05) is 71.4 Å². The van der Waals surface area contributed by atoms with Crippen molar-refractivity contribution in [2.24, 2.45) is 0 Å². The standard InChI is InChI=1S/C27H21N5O3/c33-14-6-13-32-22-11-4-2-9-19(22)25(30-32)24-23(26(34)29-27(24)35)20-16-31(17-7-5-12-28-15-17)21-10-3-1-8-18(20)21/h1-5,7-12,15-16,33H,6,13-14H2,(H,29,34,35). The second kappa shape index (κ2) is 8.34. The van der Waals surface area contributed by atoms with Crippen LogP contribution >= 0.6 is 0 Å². The van der Waals surface area contributed by atoms with Crippen LogP contribution in [-0.4, -0.2) is 42.9 Å². The largest absolute Gasteiger partial charge is 0.396 e. The lowest BCUT2D eigenvalue weighted by molar-refractivity contribution is -0.122. The summed E-state index contributed by atoms with van der Waals surface area (Å²) in [7, 11) is 0. The topological polar surface area (TPSA) is 102 Å². The molecule has 0 atom stereocenters. The molecule has 5 aromatic rings. The number of imide groups is 1. The number of nitrogens with one attached hydrogen (secondary N) is 1. The first-order valence-corrected chi connectivity index (χ1v) is 11.3. The molecule has 0 bridgehead atoms. The Morgan fingerprint density at radius 3 is 2.37 bits per heavy atom. The van der Waals surface area contributed by atoms with Gasteiger partial charge in [0.2, 0.25) is 0 Å². The summed E-state index contributed by atoms with van der Waals surface area (Å²) in [6.07, 6.45) is 5.86. The second-order valence-corrected chi connectivity index (χ2v) is 8.34. The van der Waals surface area contributed by atoms with Crippen molar-refractivity contribution in [3.8, 4) is 5.69 Å². The van der Waals surface area contributed by atoms with Gasteiger partial charge < -0.3 is 9.67 Å². The quantitative estimate of drug-likeness (QED) is 0.376. The zero-order valence-electron chi connectivity index (χ0n) is 18.7. The number of amides is 2. The number of nitrogens with zero attached hydrogens (tertiary/aromatic N) is 4. The number of hydrogen-bond acceptors (Lipinski definition) is 5. The van der Waals surface area contributed by atoms with Crippen molar-refractivity contribution in [2.75, 3.05) is 6.61 Å². The van der Waals surface area contributed by atoms with Crippen LogP contribution in [0.25, 0.3) is 38.6 Å². The third-order valence-electron chi connectivity index (χ3n) is 6.26. The Balaban J connectivity index is 1.63. The van der Waals surface area contributed by atoms with Crippen LogP contribution in [0.5, 0.6) is 0 Å². The van der Waals surface area contributed by atoms with E-state index in [0.29, 0.717) is 29.8 Å². The molecule has 0 radical (unpaired) electrons. The number of aliphatic hydroxyl groups is 1. The summed E-state index contributed by atoms with van der Waals surface area (Å²) >= 11 is 0. The van der Waals surface area contributed by atoms with Crippen LogP contribution in [0.1, 0.15) is 17.7 Å². The highest BCUT2D eigenvalue weighted by Gasteiger charge is 2.36. The number of pyridine rings is 1. The summed E-state index contributed by atoms with van der Waals surface area (Å²) in [6, 6.07) is 19.2. The Hall–Kier alpha value is -4.56. The maximum absolute atomic E-state index is 13.2. The SMILES string of the molecule is O=C1NC(=O)C(c2nn(CCCO)c3ccccc23)=C1c1cn(-c2cccnc2)c2ccccc12. The maximum Gasteiger partial charge on any atom is 0.261 e. The summed E-state index contributed by atoms with van der Waals surface area (Å²) < 4.78 is 3.75. The molecule has 0 saturated carbocycles. The fourth-order valence-electron chi connectivity index (χ4n) is 4.73. The Bertz CT molecular complexity index is 1650. The molecular formula is C27H21N5O3. The molecule has 2 amide bonds. The molecule has 3 aromatic heterocycles. The van der Waals surface area contributed by atoms with E-state index < -0.39 is 11.8 Å². The van der Waals surface area contributed by atoms with Crippen molar-refractivity contribution in [3.63, 3.8) is 0 Å². The number of fused-ring (bicyclic) bond motifs is 2. The van der Waals surface area contributed by atoms with Gasteiger partial charge in [-0.2, -0.15) is 5.10 Å². The van der Waals surface area contributed by atoms with E-state index in [-0.39, 0.29) is 12.2 Å². The lowest BCUT2D eigenvalue weighted by Crippen LogP contribution is -2.22. The zero-order valence-corrected chi connectivity index (χ0v) is 18.7. The average Bonchev–Trinajstić information content (AvgIpc) is 3.54. The summed E-state index contributed by atoms with van der Waals surface area (Å²) in [6.45, 7) is 0.528. The maximum atomic E-state index is 13.2. The van der Waals surface area contributed by atoms with Gasteiger partial charge in [-0.15, -0.1) is 0 Å². The van der Waals surface area contributed by atoms with Crippen molar-refractivity contribution < 1.29 is 14.7 Å². The van der Waals surface area contributed by atoms with E-state index in [2.05, 4.69) is 10.3 Å². The van der Waals surface area contributed by atoms with Crippen molar-refractivity contribution >= 4 is 44.8 Å². The number of aliphatic hydroxyl groups excluding tert-OH is 1. The van der Waals surface area contributed by atoms with Gasteiger partial charge >= 0.3 is 0 Å². The van der Waals surface area contributed by atoms with Gasteiger partial charge in [0.15, 0.2) is 0 Å². The predicted molar refractivity (Wildman–Crippen MR) is 132 cm³/mol. The molecule has 0 unspecified atom stereocenters. The van der Waals surface area contributed by atoms with Crippen molar-refractivity contribution in [1.29, 1.82) is 0 Å². The smallest absolute Gasteiger partial charge is 0.261 e. The van der Waals surface area contributed by atoms with E-state index in [4.69, 9.17) is 5.10 Å². The summed E-state index contributed by atoms with van der Waals surface area (Å²) in [5.74, 6) is -0.922. The fraction of sp³-hybridized carbons (Fsp3) is 0.111. The number of rotatable bonds is 6. The Labute approximate surface area is 200 Å². The van der Waals surface area contributed by atoms with Gasteiger partial charge in [0.05, 0.1) is 34.1 Å². The molecule has 4 heterocycles. The monoisotopic (exact) mass is 463 g/mol. The number of benzene rings is 2. The van der Waals surface area contributed by atoms with Gasteiger partial charge in [0.25, 0.3) is 11.8 Å². The van der Waals surface area contributed by atoms with E-state index >= 15 is 0 Å². The van der Waals surface area contributed by atoms with Crippen molar-refractivity contribution in [1.82, 2.24) is 24.6 Å². The lowest BCUT2D eigenvalue weighted by Gasteiger charge is -2.03. The Morgan fingerprint density at radius 1 is 0.857 bits per heavy atom. The summed E-state index contributed by atoms with van der Waals surface area (Å²) in [5, 5.41) is 18.2. The first-order valence-electron chi connectivity index (χ1n) is 11.3. The highest BCUT2D eigenvalue weighted by molar-refractivity contribution is 6.50. The number of aryl methyl sites for hydroxylation is 1. The normalized spacial score (nSPS) is 13.9. The third kappa shape index (κ3) is 3.34. The minimum Gasteiger partial charge on any atom is -0.396 e. The first kappa shape index (κ1) is 21.0. The number of para-hydroxylation sites is 2. The molecule has 1 aliphatic heterocycles. The molecule has 8 heteroatoms. The van der Waals surface area contributed by atoms with Gasteiger partial charge in [-0.05, 0) is 30.7 Å². The van der Waals surface area contributed by atoms with Crippen molar-refractivity contribution in [2.45, 2.75) is 13.0 Å². The molecule has 0 fully saturated rings. The number of aromatic nitrogens is 4. The van der Waals surface area contributed by atoms with Crippen LogP contribution in [0.3, 0.4) is 0 Å². The van der Waals surface area contributed by atoms with E-state index in [1.54, 1.807) is 17.1 Å². The van der Waals surface area contributed by atoms with Crippen LogP contribution in [0.2, 0.25) is 0 Å². The molecule has 0 aliphatic carbocycles. The van der Waals surface area contributed by atoms with Gasteiger partial charge in [0, 0.05) is 41.9 Å². The zero-order chi connectivity index (χ0) is 23.9. The molecule has 8 nitrogen and oxygen atoms in total. The highest BCUT2D eigenvalue weighted by atomic mass is 16.3. The molecule has 1 aliphatic rings. The molecule has 6 rings (SSSR count). The molecule has 0 spiro atoms. The van der Waals surface area contributed by atoms with Crippen LogP contribution in [0.4, 0.5) is 0 Å². The van der Waals surface area contributed by atoms with Crippen LogP contribution in [0, 0.1) is 0 Å². The minimum atomic E-state index is -0.472.